The van der Waals surface area contributed by atoms with Crippen LogP contribution in [-0.4, -0.2) is 34.3 Å². The van der Waals surface area contributed by atoms with E-state index in [1.165, 1.54) is 19.3 Å². The van der Waals surface area contributed by atoms with E-state index in [1.807, 2.05) is 6.92 Å². The highest BCUT2D eigenvalue weighted by Crippen LogP contribution is 2.32. The Morgan fingerprint density at radius 1 is 1.35 bits per heavy atom. The monoisotopic (exact) mass is 297 g/mol. The normalized spacial score (nSPS) is 15.2. The Morgan fingerprint density at radius 3 is 2.65 bits per heavy atom. The molecule has 20 heavy (non-hydrogen) atoms. The standard InChI is InChI=1S/C15H24ClN3O/c1-3-6-13-17-14(16)11(2)15(18-13)19(9-5-10-20)12-7-4-8-12/h12,20H,3-10H2,1-2H3. The van der Waals surface area contributed by atoms with Crippen LogP contribution in [0.2, 0.25) is 5.15 Å². The summed E-state index contributed by atoms with van der Waals surface area (Å²) in [7, 11) is 0. The van der Waals surface area contributed by atoms with Gasteiger partial charge in [-0.15, -0.1) is 0 Å². The van der Waals surface area contributed by atoms with Crippen molar-refractivity contribution in [3.8, 4) is 0 Å². The molecule has 0 amide bonds. The van der Waals surface area contributed by atoms with Crippen LogP contribution >= 0.6 is 11.6 Å². The quantitative estimate of drug-likeness (QED) is 0.786. The molecule has 1 saturated carbocycles. The number of aryl methyl sites for hydroxylation is 1. The van der Waals surface area contributed by atoms with Crippen LogP contribution in [0.15, 0.2) is 0 Å². The van der Waals surface area contributed by atoms with Crippen molar-refractivity contribution in [1.82, 2.24) is 9.97 Å². The minimum atomic E-state index is 0.211. The Balaban J connectivity index is 2.29. The van der Waals surface area contributed by atoms with Gasteiger partial charge in [-0.3, -0.25) is 0 Å². The number of anilines is 1. The number of aliphatic hydroxyl groups excluding tert-OH is 1. The van der Waals surface area contributed by atoms with E-state index in [1.54, 1.807) is 0 Å². The molecule has 0 unspecified atom stereocenters. The zero-order valence-corrected chi connectivity index (χ0v) is 13.2. The van der Waals surface area contributed by atoms with E-state index in [0.717, 1.165) is 43.0 Å². The molecule has 1 aliphatic carbocycles. The number of aromatic nitrogens is 2. The molecule has 0 spiro atoms. The van der Waals surface area contributed by atoms with Gasteiger partial charge in [0.05, 0.1) is 0 Å². The van der Waals surface area contributed by atoms with Gasteiger partial charge in [0.15, 0.2) is 0 Å². The van der Waals surface area contributed by atoms with Gasteiger partial charge in [-0.1, -0.05) is 18.5 Å². The maximum Gasteiger partial charge on any atom is 0.137 e. The van der Waals surface area contributed by atoms with Crippen molar-refractivity contribution in [2.45, 2.75) is 58.4 Å². The summed E-state index contributed by atoms with van der Waals surface area (Å²) in [5.41, 5.74) is 0.955. The Kier molecular flexibility index (Phi) is 5.61. The maximum absolute atomic E-state index is 9.11. The topological polar surface area (TPSA) is 49.2 Å². The molecule has 0 bridgehead atoms. The Hall–Kier alpha value is -0.870. The number of halogens is 1. The van der Waals surface area contributed by atoms with Crippen molar-refractivity contribution in [3.05, 3.63) is 16.5 Å². The van der Waals surface area contributed by atoms with Crippen LogP contribution in [0.3, 0.4) is 0 Å². The summed E-state index contributed by atoms with van der Waals surface area (Å²) in [6.07, 6.45) is 6.32. The lowest BCUT2D eigenvalue weighted by molar-refractivity contribution is 0.282. The smallest absolute Gasteiger partial charge is 0.137 e. The molecule has 1 N–H and O–H groups in total. The fourth-order valence-corrected chi connectivity index (χ4v) is 2.72. The molecular formula is C15H24ClN3O. The Bertz CT molecular complexity index is 449. The summed E-state index contributed by atoms with van der Waals surface area (Å²) >= 11 is 6.27. The first-order chi connectivity index (χ1) is 9.67. The van der Waals surface area contributed by atoms with Gasteiger partial charge >= 0.3 is 0 Å². The van der Waals surface area contributed by atoms with Crippen LogP contribution in [-0.2, 0) is 6.42 Å². The van der Waals surface area contributed by atoms with E-state index < -0.39 is 0 Å². The number of nitrogens with zero attached hydrogens (tertiary/aromatic N) is 3. The fourth-order valence-electron chi connectivity index (χ4n) is 2.54. The predicted molar refractivity (Wildman–Crippen MR) is 82.5 cm³/mol. The van der Waals surface area contributed by atoms with Crippen LogP contribution in [0.4, 0.5) is 5.82 Å². The lowest BCUT2D eigenvalue weighted by Crippen LogP contribution is -2.42. The van der Waals surface area contributed by atoms with Crippen molar-refractivity contribution >= 4 is 17.4 Å². The highest BCUT2D eigenvalue weighted by atomic mass is 35.5. The lowest BCUT2D eigenvalue weighted by Gasteiger charge is -2.39. The molecule has 1 aliphatic rings. The first-order valence-electron chi connectivity index (χ1n) is 7.57. The van der Waals surface area contributed by atoms with Gasteiger partial charge in [-0.05, 0) is 39.0 Å². The SMILES string of the molecule is CCCc1nc(Cl)c(C)c(N(CCCO)C2CCC2)n1. The second-order valence-corrected chi connectivity index (χ2v) is 5.84. The highest BCUT2D eigenvalue weighted by molar-refractivity contribution is 6.30. The summed E-state index contributed by atoms with van der Waals surface area (Å²) in [6.45, 7) is 5.15. The molecule has 5 heteroatoms. The van der Waals surface area contributed by atoms with Crippen molar-refractivity contribution in [3.63, 3.8) is 0 Å². The molecule has 4 nitrogen and oxygen atoms in total. The molecule has 1 fully saturated rings. The van der Waals surface area contributed by atoms with E-state index in [-0.39, 0.29) is 6.61 Å². The molecule has 1 aromatic heterocycles. The van der Waals surface area contributed by atoms with E-state index in [4.69, 9.17) is 21.7 Å². The molecule has 0 radical (unpaired) electrons. The zero-order chi connectivity index (χ0) is 14.5. The van der Waals surface area contributed by atoms with Crippen LogP contribution in [0.1, 0.15) is 50.4 Å². The molecular weight excluding hydrogens is 274 g/mol. The van der Waals surface area contributed by atoms with Gasteiger partial charge in [0.1, 0.15) is 16.8 Å². The molecule has 0 aromatic carbocycles. The average molecular weight is 298 g/mol. The Labute approximate surface area is 126 Å². The average Bonchev–Trinajstić information content (AvgIpc) is 2.37. The molecule has 0 saturated heterocycles. The Morgan fingerprint density at radius 2 is 2.10 bits per heavy atom. The van der Waals surface area contributed by atoms with Gasteiger partial charge in [0.25, 0.3) is 0 Å². The lowest BCUT2D eigenvalue weighted by atomic mass is 9.91. The zero-order valence-electron chi connectivity index (χ0n) is 12.4. The summed E-state index contributed by atoms with van der Waals surface area (Å²) in [5, 5.41) is 9.67. The van der Waals surface area contributed by atoms with Gasteiger partial charge in [0.2, 0.25) is 0 Å². The van der Waals surface area contributed by atoms with Gasteiger partial charge < -0.3 is 10.0 Å². The minimum absolute atomic E-state index is 0.211. The third kappa shape index (κ3) is 3.41. The number of rotatable bonds is 7. The second-order valence-electron chi connectivity index (χ2n) is 5.48. The maximum atomic E-state index is 9.11. The first-order valence-corrected chi connectivity index (χ1v) is 7.95. The molecule has 112 valence electrons. The summed E-state index contributed by atoms with van der Waals surface area (Å²) < 4.78 is 0. The molecule has 0 atom stereocenters. The fraction of sp³-hybridized carbons (Fsp3) is 0.733. The predicted octanol–water partition coefficient (Wildman–Crippen LogP) is 3.13. The van der Waals surface area contributed by atoms with Crippen LogP contribution < -0.4 is 4.90 Å². The largest absolute Gasteiger partial charge is 0.396 e. The number of hydrogen-bond acceptors (Lipinski definition) is 4. The van der Waals surface area contributed by atoms with Crippen molar-refractivity contribution in [2.75, 3.05) is 18.1 Å². The molecule has 1 heterocycles. The van der Waals surface area contributed by atoms with Gasteiger partial charge in [-0.25, -0.2) is 9.97 Å². The van der Waals surface area contributed by atoms with Gasteiger partial charge in [0, 0.05) is 31.2 Å². The number of aliphatic hydroxyl groups is 1. The molecule has 0 aliphatic heterocycles. The second kappa shape index (κ2) is 7.23. The van der Waals surface area contributed by atoms with Crippen molar-refractivity contribution in [2.24, 2.45) is 0 Å². The van der Waals surface area contributed by atoms with Crippen LogP contribution in [0.25, 0.3) is 0 Å². The van der Waals surface area contributed by atoms with E-state index in [2.05, 4.69) is 16.8 Å². The summed E-state index contributed by atoms with van der Waals surface area (Å²) in [6, 6.07) is 0.542. The summed E-state index contributed by atoms with van der Waals surface area (Å²) in [5.74, 6) is 1.79. The third-order valence-corrected chi connectivity index (χ3v) is 4.29. The number of hydrogen-bond donors (Lipinski definition) is 1. The van der Waals surface area contributed by atoms with E-state index in [9.17, 15) is 0 Å². The minimum Gasteiger partial charge on any atom is -0.396 e. The van der Waals surface area contributed by atoms with E-state index in [0.29, 0.717) is 11.2 Å². The summed E-state index contributed by atoms with van der Waals surface area (Å²) in [4.78, 5) is 11.4. The van der Waals surface area contributed by atoms with Crippen molar-refractivity contribution in [1.29, 1.82) is 0 Å². The third-order valence-electron chi connectivity index (χ3n) is 3.93. The highest BCUT2D eigenvalue weighted by Gasteiger charge is 2.27. The first kappa shape index (κ1) is 15.5. The molecule has 1 aromatic rings. The van der Waals surface area contributed by atoms with Crippen LogP contribution in [0.5, 0.6) is 0 Å². The van der Waals surface area contributed by atoms with Crippen molar-refractivity contribution < 1.29 is 5.11 Å². The van der Waals surface area contributed by atoms with Crippen LogP contribution in [0, 0.1) is 6.92 Å². The molecule has 2 rings (SSSR count). The van der Waals surface area contributed by atoms with Gasteiger partial charge in [-0.2, -0.15) is 0 Å². The van der Waals surface area contributed by atoms with E-state index >= 15 is 0 Å².